The molecule has 0 unspecified atom stereocenters. The van der Waals surface area contributed by atoms with E-state index in [9.17, 15) is 14.3 Å². The number of nitrogens with two attached hydrogens (primary N) is 1. The fourth-order valence-electron chi connectivity index (χ4n) is 2.45. The summed E-state index contributed by atoms with van der Waals surface area (Å²) in [5.74, 6) is -1.40. The number of aromatic nitrogens is 1. The number of rotatable bonds is 3. The van der Waals surface area contributed by atoms with E-state index in [0.717, 1.165) is 0 Å². The van der Waals surface area contributed by atoms with Crippen molar-refractivity contribution in [2.45, 2.75) is 19.4 Å². The molecule has 0 radical (unpaired) electrons. The number of hydrogen-bond acceptors (Lipinski definition) is 5. The van der Waals surface area contributed by atoms with Gasteiger partial charge in [0.25, 0.3) is 5.91 Å². The first-order chi connectivity index (χ1) is 9.78. The molecule has 0 bridgehead atoms. The van der Waals surface area contributed by atoms with Gasteiger partial charge in [0.1, 0.15) is 0 Å². The van der Waals surface area contributed by atoms with Crippen molar-refractivity contribution in [3.8, 4) is 0 Å². The van der Waals surface area contributed by atoms with Gasteiger partial charge < -0.3 is 15.7 Å². The van der Waals surface area contributed by atoms with Gasteiger partial charge in [0.15, 0.2) is 11.6 Å². The van der Waals surface area contributed by atoms with Gasteiger partial charge >= 0.3 is 0 Å². The third kappa shape index (κ3) is 3.89. The molecule has 1 aromatic rings. The minimum Gasteiger partial charge on any atom is -0.389 e. The predicted octanol–water partition coefficient (Wildman–Crippen LogP) is 0.332. The van der Waals surface area contributed by atoms with Crippen LogP contribution in [0.2, 0.25) is 0 Å². The van der Waals surface area contributed by atoms with Crippen LogP contribution in [0.5, 0.6) is 0 Å². The third-order valence-corrected chi connectivity index (χ3v) is 3.42. The molecule has 1 aromatic heterocycles. The molecular weight excluding hydrogens is 275 g/mol. The molecule has 1 saturated heterocycles. The maximum absolute atomic E-state index is 13.8. The Balaban J connectivity index is 1.99. The van der Waals surface area contributed by atoms with Crippen molar-refractivity contribution in [1.29, 1.82) is 0 Å². The molecule has 6 nitrogen and oxygen atoms in total. The third-order valence-electron chi connectivity index (χ3n) is 3.42. The molecule has 0 atom stereocenters. The molecule has 0 saturated carbocycles. The van der Waals surface area contributed by atoms with Crippen molar-refractivity contribution in [3.05, 3.63) is 23.6 Å². The second-order valence-electron chi connectivity index (χ2n) is 5.94. The Morgan fingerprint density at radius 1 is 1.43 bits per heavy atom. The number of carbonyl (C=O) groups is 1. The van der Waals surface area contributed by atoms with Crippen LogP contribution in [0.3, 0.4) is 0 Å². The molecule has 0 aromatic carbocycles. The zero-order valence-corrected chi connectivity index (χ0v) is 12.3. The first-order valence-corrected chi connectivity index (χ1v) is 6.92. The molecule has 2 heterocycles. The molecule has 2 rings (SSSR count). The summed E-state index contributed by atoms with van der Waals surface area (Å²) >= 11 is 0. The summed E-state index contributed by atoms with van der Waals surface area (Å²) in [6.07, 6.45) is 1.33. The number of hydrogen-bond donors (Lipinski definition) is 2. The Morgan fingerprint density at radius 2 is 2.05 bits per heavy atom. The van der Waals surface area contributed by atoms with E-state index in [1.165, 1.54) is 12.3 Å². The van der Waals surface area contributed by atoms with Crippen LogP contribution >= 0.6 is 0 Å². The Kier molecular flexibility index (Phi) is 4.43. The number of nitrogens with zero attached hydrogens (tertiary/aromatic N) is 3. The van der Waals surface area contributed by atoms with E-state index in [1.807, 2.05) is 0 Å². The molecule has 3 N–H and O–H groups in total. The molecular formula is C14H21FN4O2. The molecule has 21 heavy (non-hydrogen) atoms. The number of pyridine rings is 1. The number of β-amino-alcohol motifs (C(OH)–C–C–N with tert-alkyl or cyclic N) is 1. The summed E-state index contributed by atoms with van der Waals surface area (Å²) in [5, 5.41) is 9.80. The van der Waals surface area contributed by atoms with Crippen molar-refractivity contribution in [1.82, 2.24) is 14.8 Å². The quantitative estimate of drug-likeness (QED) is 0.840. The highest BCUT2D eigenvalue weighted by Gasteiger charge is 2.27. The highest BCUT2D eigenvalue weighted by Crippen LogP contribution is 2.16. The molecule has 116 valence electrons. The van der Waals surface area contributed by atoms with E-state index in [0.29, 0.717) is 32.7 Å². The monoisotopic (exact) mass is 296 g/mol. The van der Waals surface area contributed by atoms with Crippen molar-refractivity contribution in [2.24, 2.45) is 0 Å². The van der Waals surface area contributed by atoms with E-state index >= 15 is 0 Å². The zero-order valence-electron chi connectivity index (χ0n) is 12.3. The van der Waals surface area contributed by atoms with E-state index in [1.54, 1.807) is 18.7 Å². The number of halogens is 1. The molecule has 0 aliphatic carbocycles. The summed E-state index contributed by atoms with van der Waals surface area (Å²) in [5.41, 5.74) is 4.58. The number of amides is 1. The zero-order chi connectivity index (χ0) is 15.6. The second-order valence-corrected chi connectivity index (χ2v) is 5.94. The van der Waals surface area contributed by atoms with E-state index in [2.05, 4.69) is 9.88 Å². The number of piperazine rings is 1. The molecule has 0 spiro atoms. The van der Waals surface area contributed by atoms with Crippen LogP contribution in [0.15, 0.2) is 12.3 Å². The van der Waals surface area contributed by atoms with Gasteiger partial charge in [-0.1, -0.05) is 0 Å². The summed E-state index contributed by atoms with van der Waals surface area (Å²) in [6, 6.07) is 1.34. The lowest BCUT2D eigenvalue weighted by Gasteiger charge is -2.37. The summed E-state index contributed by atoms with van der Waals surface area (Å²) in [7, 11) is 0. The number of anilines is 1. The van der Waals surface area contributed by atoms with E-state index < -0.39 is 11.4 Å². The average molecular weight is 296 g/mol. The van der Waals surface area contributed by atoms with Gasteiger partial charge in [-0.2, -0.15) is 0 Å². The Morgan fingerprint density at radius 3 is 2.62 bits per heavy atom. The lowest BCUT2D eigenvalue weighted by Crippen LogP contribution is -2.52. The fourth-order valence-corrected chi connectivity index (χ4v) is 2.45. The summed E-state index contributed by atoms with van der Waals surface area (Å²) in [4.78, 5) is 19.6. The Bertz CT molecular complexity index is 522. The van der Waals surface area contributed by atoms with Crippen LogP contribution in [0.1, 0.15) is 24.2 Å². The van der Waals surface area contributed by atoms with Crippen LogP contribution in [-0.4, -0.2) is 64.1 Å². The van der Waals surface area contributed by atoms with Crippen molar-refractivity contribution >= 4 is 11.7 Å². The van der Waals surface area contributed by atoms with Gasteiger partial charge in [0, 0.05) is 38.9 Å². The van der Waals surface area contributed by atoms with Crippen molar-refractivity contribution < 1.29 is 14.3 Å². The predicted molar refractivity (Wildman–Crippen MR) is 77.2 cm³/mol. The van der Waals surface area contributed by atoms with Gasteiger partial charge in [-0.25, -0.2) is 9.37 Å². The summed E-state index contributed by atoms with van der Waals surface area (Å²) < 4.78 is 13.8. The van der Waals surface area contributed by atoms with Crippen molar-refractivity contribution in [3.63, 3.8) is 0 Å². The maximum Gasteiger partial charge on any atom is 0.257 e. The van der Waals surface area contributed by atoms with Crippen LogP contribution in [0.25, 0.3) is 0 Å². The van der Waals surface area contributed by atoms with Crippen LogP contribution in [0, 0.1) is 5.82 Å². The molecule has 1 aliphatic rings. The Hall–Kier alpha value is -1.73. The minimum atomic E-state index is -0.766. The lowest BCUT2D eigenvalue weighted by molar-refractivity contribution is 0.0177. The van der Waals surface area contributed by atoms with E-state index in [4.69, 9.17) is 5.73 Å². The highest BCUT2D eigenvalue weighted by molar-refractivity contribution is 5.95. The van der Waals surface area contributed by atoms with Gasteiger partial charge in [-0.3, -0.25) is 9.69 Å². The number of aliphatic hydroxyl groups is 1. The van der Waals surface area contributed by atoms with Crippen LogP contribution in [0.4, 0.5) is 10.2 Å². The first-order valence-electron chi connectivity index (χ1n) is 6.92. The average Bonchev–Trinajstić information content (AvgIpc) is 2.40. The lowest BCUT2D eigenvalue weighted by atomic mass is 10.1. The summed E-state index contributed by atoms with van der Waals surface area (Å²) in [6.45, 7) is 6.34. The van der Waals surface area contributed by atoms with Gasteiger partial charge in [0.2, 0.25) is 0 Å². The van der Waals surface area contributed by atoms with Crippen LogP contribution in [-0.2, 0) is 0 Å². The fraction of sp³-hybridized carbons (Fsp3) is 0.571. The normalized spacial score (nSPS) is 17.0. The van der Waals surface area contributed by atoms with Crippen molar-refractivity contribution in [2.75, 3.05) is 38.5 Å². The van der Waals surface area contributed by atoms with Gasteiger partial charge in [0.05, 0.1) is 11.2 Å². The van der Waals surface area contributed by atoms with Crippen LogP contribution < -0.4 is 5.73 Å². The largest absolute Gasteiger partial charge is 0.389 e. The molecule has 1 aliphatic heterocycles. The standard InChI is InChI=1S/C14H21FN4O2/c1-14(2,21)9-18-5-7-19(8-6-18)13(20)10-3-4-17-12(16)11(10)15/h3-4,21H,5-9H2,1-2H3,(H2,16,17). The first kappa shape index (κ1) is 15.7. The maximum atomic E-state index is 13.8. The topological polar surface area (TPSA) is 82.7 Å². The Labute approximate surface area is 123 Å². The molecule has 1 fully saturated rings. The SMILES string of the molecule is CC(C)(O)CN1CCN(C(=O)c2ccnc(N)c2F)CC1. The van der Waals surface area contributed by atoms with Gasteiger partial charge in [-0.05, 0) is 19.9 Å². The number of carbonyl (C=O) groups excluding carboxylic acids is 1. The molecule has 7 heteroatoms. The van der Waals surface area contributed by atoms with E-state index in [-0.39, 0.29) is 17.3 Å². The number of nitrogen functional groups attached to an aromatic ring is 1. The molecule has 1 amide bonds. The highest BCUT2D eigenvalue weighted by atomic mass is 19.1. The minimum absolute atomic E-state index is 0.0431. The smallest absolute Gasteiger partial charge is 0.257 e. The van der Waals surface area contributed by atoms with Gasteiger partial charge in [-0.15, -0.1) is 0 Å². The second kappa shape index (κ2) is 5.95.